The Morgan fingerprint density at radius 3 is 2.62 bits per heavy atom. The van der Waals surface area contributed by atoms with Crippen LogP contribution < -0.4 is 10.2 Å². The van der Waals surface area contributed by atoms with Gasteiger partial charge < -0.3 is 15.1 Å². The molecule has 6 heteroatoms. The predicted octanol–water partition coefficient (Wildman–Crippen LogP) is 2.98. The van der Waals surface area contributed by atoms with Crippen LogP contribution in [0.3, 0.4) is 0 Å². The van der Waals surface area contributed by atoms with E-state index in [1.165, 1.54) is 0 Å². The summed E-state index contributed by atoms with van der Waals surface area (Å²) in [5.41, 5.74) is 2.74. The molecule has 2 heterocycles. The molecule has 0 aromatic heterocycles. The van der Waals surface area contributed by atoms with E-state index in [1.807, 2.05) is 37.3 Å². The highest BCUT2D eigenvalue weighted by Gasteiger charge is 2.41. The summed E-state index contributed by atoms with van der Waals surface area (Å²) in [7, 11) is 0. The smallest absolute Gasteiger partial charge is 0.256 e. The molecule has 1 fully saturated rings. The van der Waals surface area contributed by atoms with Gasteiger partial charge in [-0.3, -0.25) is 14.4 Å². The van der Waals surface area contributed by atoms with Gasteiger partial charge in [-0.05, 0) is 49.1 Å². The first-order valence-corrected chi connectivity index (χ1v) is 10.2. The highest BCUT2D eigenvalue weighted by Crippen LogP contribution is 2.33. The Morgan fingerprint density at radius 2 is 1.86 bits per heavy atom. The number of anilines is 1. The van der Waals surface area contributed by atoms with Gasteiger partial charge in [0, 0.05) is 18.7 Å². The third kappa shape index (κ3) is 3.62. The summed E-state index contributed by atoms with van der Waals surface area (Å²) in [6.45, 7) is 3.64. The second-order valence-electron chi connectivity index (χ2n) is 7.55. The number of para-hydroxylation sites is 1. The van der Waals surface area contributed by atoms with Gasteiger partial charge in [0.25, 0.3) is 11.8 Å². The van der Waals surface area contributed by atoms with Crippen LogP contribution in [-0.4, -0.2) is 41.8 Å². The van der Waals surface area contributed by atoms with Gasteiger partial charge in [0.1, 0.15) is 6.04 Å². The van der Waals surface area contributed by atoms with Gasteiger partial charge in [0.05, 0.1) is 17.8 Å². The molecule has 29 heavy (non-hydrogen) atoms. The van der Waals surface area contributed by atoms with Crippen molar-refractivity contribution in [1.82, 2.24) is 10.2 Å². The summed E-state index contributed by atoms with van der Waals surface area (Å²) < 4.78 is 0. The van der Waals surface area contributed by atoms with Crippen LogP contribution in [0.5, 0.6) is 0 Å². The van der Waals surface area contributed by atoms with E-state index in [-0.39, 0.29) is 17.7 Å². The monoisotopic (exact) mass is 391 g/mol. The molecule has 2 aromatic carbocycles. The summed E-state index contributed by atoms with van der Waals surface area (Å²) in [5, 5.41) is 2.86. The van der Waals surface area contributed by atoms with Crippen LogP contribution in [-0.2, 0) is 11.3 Å². The van der Waals surface area contributed by atoms with Crippen LogP contribution in [0.1, 0.15) is 52.5 Å². The van der Waals surface area contributed by atoms with E-state index >= 15 is 0 Å². The van der Waals surface area contributed by atoms with Crippen molar-refractivity contribution in [2.75, 3.05) is 18.0 Å². The van der Waals surface area contributed by atoms with Gasteiger partial charge in [-0.15, -0.1) is 0 Å². The summed E-state index contributed by atoms with van der Waals surface area (Å²) in [6.07, 6.45) is 2.43. The normalized spacial score (nSPS) is 18.3. The van der Waals surface area contributed by atoms with E-state index in [4.69, 9.17) is 0 Å². The Labute approximate surface area is 170 Å². The molecule has 1 atom stereocenters. The van der Waals surface area contributed by atoms with Crippen molar-refractivity contribution in [2.24, 2.45) is 0 Å². The van der Waals surface area contributed by atoms with Gasteiger partial charge in [-0.2, -0.15) is 0 Å². The van der Waals surface area contributed by atoms with Crippen LogP contribution >= 0.6 is 0 Å². The molecular weight excluding hydrogens is 366 g/mol. The second kappa shape index (κ2) is 8.07. The Hall–Kier alpha value is -3.15. The molecule has 150 valence electrons. The summed E-state index contributed by atoms with van der Waals surface area (Å²) >= 11 is 0. The van der Waals surface area contributed by atoms with Crippen LogP contribution in [0.15, 0.2) is 48.5 Å². The first-order chi connectivity index (χ1) is 14.1. The second-order valence-corrected chi connectivity index (χ2v) is 7.55. The Kier molecular flexibility index (Phi) is 5.34. The molecule has 6 nitrogen and oxygen atoms in total. The summed E-state index contributed by atoms with van der Waals surface area (Å²) in [6, 6.07) is 14.2. The van der Waals surface area contributed by atoms with Crippen molar-refractivity contribution in [3.05, 3.63) is 65.2 Å². The molecule has 4 rings (SSSR count). The van der Waals surface area contributed by atoms with Gasteiger partial charge in [-0.1, -0.05) is 31.2 Å². The Morgan fingerprint density at radius 1 is 1.10 bits per heavy atom. The first-order valence-electron chi connectivity index (χ1n) is 10.2. The third-order valence-electron chi connectivity index (χ3n) is 5.58. The number of nitrogens with zero attached hydrogens (tertiary/aromatic N) is 2. The quantitative estimate of drug-likeness (QED) is 0.852. The number of nitrogens with one attached hydrogen (secondary N) is 1. The molecule has 2 aromatic rings. The molecule has 0 aliphatic carbocycles. The topological polar surface area (TPSA) is 69.7 Å². The number of amides is 3. The fourth-order valence-electron chi connectivity index (χ4n) is 4.06. The lowest BCUT2D eigenvalue weighted by Gasteiger charge is -2.26. The molecule has 0 bridgehead atoms. The van der Waals surface area contributed by atoms with Crippen molar-refractivity contribution in [3.8, 4) is 0 Å². The minimum atomic E-state index is -0.394. The van der Waals surface area contributed by atoms with Gasteiger partial charge in [0.2, 0.25) is 5.91 Å². The number of carbonyl (C=O) groups is 3. The molecule has 1 saturated heterocycles. The molecule has 2 aliphatic rings. The largest absolute Gasteiger partial charge is 0.352 e. The van der Waals surface area contributed by atoms with Gasteiger partial charge in [0.15, 0.2) is 0 Å². The molecule has 0 spiro atoms. The number of rotatable bonds is 5. The third-order valence-corrected chi connectivity index (χ3v) is 5.58. The average molecular weight is 391 g/mol. The van der Waals surface area contributed by atoms with Crippen LogP contribution in [0, 0.1) is 0 Å². The highest BCUT2D eigenvalue weighted by molar-refractivity contribution is 6.11. The fraction of sp³-hybridized carbons (Fsp3) is 0.348. The lowest BCUT2D eigenvalue weighted by molar-refractivity contribution is -0.122. The van der Waals surface area contributed by atoms with Crippen molar-refractivity contribution < 1.29 is 14.4 Å². The fourth-order valence-corrected chi connectivity index (χ4v) is 4.06. The lowest BCUT2D eigenvalue weighted by Crippen LogP contribution is -2.44. The zero-order chi connectivity index (χ0) is 20.4. The highest BCUT2D eigenvalue weighted by atomic mass is 16.2. The zero-order valence-corrected chi connectivity index (χ0v) is 16.6. The lowest BCUT2D eigenvalue weighted by atomic mass is 10.1. The minimum absolute atomic E-state index is 0.0365. The van der Waals surface area contributed by atoms with E-state index < -0.39 is 6.04 Å². The number of fused-ring (bicyclic) bond motifs is 2. The van der Waals surface area contributed by atoms with Crippen LogP contribution in [0.25, 0.3) is 0 Å². The Bertz CT molecular complexity index is 939. The number of hydrogen-bond donors (Lipinski definition) is 1. The predicted molar refractivity (Wildman–Crippen MR) is 111 cm³/mol. The number of benzene rings is 2. The maximum atomic E-state index is 13.3. The van der Waals surface area contributed by atoms with E-state index in [0.717, 1.165) is 18.4 Å². The molecule has 2 aliphatic heterocycles. The van der Waals surface area contributed by atoms with E-state index in [1.54, 1.807) is 28.0 Å². The maximum absolute atomic E-state index is 13.3. The van der Waals surface area contributed by atoms with E-state index in [0.29, 0.717) is 42.9 Å². The van der Waals surface area contributed by atoms with E-state index in [9.17, 15) is 14.4 Å². The average Bonchev–Trinajstić information content (AvgIpc) is 3.22. The molecule has 1 N–H and O–H groups in total. The minimum Gasteiger partial charge on any atom is -0.352 e. The van der Waals surface area contributed by atoms with Crippen molar-refractivity contribution in [3.63, 3.8) is 0 Å². The summed E-state index contributed by atoms with van der Waals surface area (Å²) in [5.74, 6) is -0.200. The van der Waals surface area contributed by atoms with Gasteiger partial charge in [-0.25, -0.2) is 0 Å². The first kappa shape index (κ1) is 19.2. The molecule has 0 saturated carbocycles. The molecule has 1 unspecified atom stereocenters. The molecule has 0 radical (unpaired) electrons. The maximum Gasteiger partial charge on any atom is 0.256 e. The SMILES string of the molecule is CCCNC(=O)c1ccc(CN2C(=O)C3CCCN3C(=O)c3ccccc32)cc1. The van der Waals surface area contributed by atoms with Crippen molar-refractivity contribution >= 4 is 23.4 Å². The number of carbonyl (C=O) groups excluding carboxylic acids is 3. The van der Waals surface area contributed by atoms with Gasteiger partial charge >= 0.3 is 0 Å². The molecule has 3 amide bonds. The number of hydrogen-bond acceptors (Lipinski definition) is 3. The standard InChI is InChI=1S/C23H25N3O3/c1-2-13-24-21(27)17-11-9-16(10-12-17)15-26-19-7-4-3-6-18(19)22(28)25-14-5-8-20(25)23(26)29/h3-4,6-7,9-12,20H,2,5,8,13-15H2,1H3,(H,24,27). The van der Waals surface area contributed by atoms with Crippen molar-refractivity contribution in [1.29, 1.82) is 0 Å². The molecular formula is C23H25N3O3. The Balaban J connectivity index is 1.62. The van der Waals surface area contributed by atoms with Crippen LogP contribution in [0.4, 0.5) is 5.69 Å². The van der Waals surface area contributed by atoms with Crippen LogP contribution in [0.2, 0.25) is 0 Å². The summed E-state index contributed by atoms with van der Waals surface area (Å²) in [4.78, 5) is 41.8. The van der Waals surface area contributed by atoms with Crippen molar-refractivity contribution in [2.45, 2.75) is 38.8 Å². The van der Waals surface area contributed by atoms with E-state index in [2.05, 4.69) is 5.32 Å². The zero-order valence-electron chi connectivity index (χ0n) is 16.6.